The molecule has 0 bridgehead atoms. The Labute approximate surface area is 192 Å². The van der Waals surface area contributed by atoms with Crippen LogP contribution in [0.1, 0.15) is 64.2 Å². The average molecular weight is 491 g/mol. The van der Waals surface area contributed by atoms with Crippen molar-refractivity contribution >= 4 is 26.9 Å². The molecule has 0 unspecified atom stereocenters. The second kappa shape index (κ2) is 10.3. The van der Waals surface area contributed by atoms with Gasteiger partial charge in [0.1, 0.15) is 0 Å². The lowest BCUT2D eigenvalue weighted by atomic mass is 9.95. The summed E-state index contributed by atoms with van der Waals surface area (Å²) in [5.41, 5.74) is -6.31. The summed E-state index contributed by atoms with van der Waals surface area (Å²) in [7, 11) is -6.02. The van der Waals surface area contributed by atoms with Crippen molar-refractivity contribution in [2.24, 2.45) is 0 Å². The van der Waals surface area contributed by atoms with E-state index >= 15 is 0 Å². The zero-order chi connectivity index (χ0) is 25.0. The second-order valence-electron chi connectivity index (χ2n) is 8.25. The average Bonchev–Trinajstić information content (AvgIpc) is 2.70. The number of ether oxygens (including phenoxy) is 2. The Morgan fingerprint density at radius 3 is 2.33 bits per heavy atom. The largest absolute Gasteiger partial charge is 0.534 e. The Morgan fingerprint density at radius 2 is 1.76 bits per heavy atom. The minimum Gasteiger partial charge on any atom is -0.464 e. The fraction of sp³-hybridized carbons (Fsp3) is 0.522. The number of halogens is 3. The van der Waals surface area contributed by atoms with Crippen LogP contribution in [0.3, 0.4) is 0 Å². The van der Waals surface area contributed by atoms with Crippen molar-refractivity contribution in [3.8, 4) is 5.75 Å². The number of carbonyl (C=O) groups is 1. The number of alkyl halides is 3. The van der Waals surface area contributed by atoms with Crippen LogP contribution in [-0.2, 0) is 24.4 Å². The van der Waals surface area contributed by atoms with Crippen LogP contribution in [-0.4, -0.2) is 32.1 Å². The molecule has 2 rings (SSSR count). The second-order valence-corrected chi connectivity index (χ2v) is 9.79. The predicted molar refractivity (Wildman–Crippen MR) is 118 cm³/mol. The first-order valence-electron chi connectivity index (χ1n) is 10.6. The van der Waals surface area contributed by atoms with Crippen LogP contribution in [0.25, 0.3) is 10.8 Å². The number of unbranched alkanes of at least 4 members (excludes halogenated alkanes) is 1. The van der Waals surface area contributed by atoms with Gasteiger partial charge in [-0.15, -0.1) is 0 Å². The van der Waals surface area contributed by atoms with Gasteiger partial charge in [-0.3, -0.25) is 0 Å². The number of hydrogen-bond acceptors (Lipinski definition) is 6. The Hall–Kier alpha value is -2.33. The summed E-state index contributed by atoms with van der Waals surface area (Å²) in [5.74, 6) is -1.46. The molecule has 0 aliphatic rings. The summed E-state index contributed by atoms with van der Waals surface area (Å²) in [6, 6.07) is 7.83. The fourth-order valence-electron chi connectivity index (χ4n) is 3.46. The molecular formula is C23H29F3O6S. The van der Waals surface area contributed by atoms with Gasteiger partial charge in [0.25, 0.3) is 0 Å². The molecule has 0 spiro atoms. The SMILES string of the molecule is CCCCC(C)(C)O[C@H](C(=O)OCC)c1c(C)cc2ccccc2c1OS(=O)(=O)C(F)(F)F. The van der Waals surface area contributed by atoms with Crippen LogP contribution in [0.15, 0.2) is 30.3 Å². The van der Waals surface area contributed by atoms with E-state index in [1.165, 1.54) is 12.1 Å². The smallest absolute Gasteiger partial charge is 0.464 e. The van der Waals surface area contributed by atoms with E-state index in [0.29, 0.717) is 17.4 Å². The van der Waals surface area contributed by atoms with Crippen LogP contribution < -0.4 is 4.18 Å². The van der Waals surface area contributed by atoms with Crippen LogP contribution in [0.5, 0.6) is 5.75 Å². The summed E-state index contributed by atoms with van der Waals surface area (Å²) < 4.78 is 79.4. The van der Waals surface area contributed by atoms with Crippen LogP contribution >= 0.6 is 0 Å². The van der Waals surface area contributed by atoms with Gasteiger partial charge in [-0.05, 0) is 45.1 Å². The zero-order valence-corrected chi connectivity index (χ0v) is 20.1. The molecule has 0 aliphatic heterocycles. The first kappa shape index (κ1) is 26.9. The van der Waals surface area contributed by atoms with Crippen molar-refractivity contribution in [3.63, 3.8) is 0 Å². The molecule has 6 nitrogen and oxygen atoms in total. The minimum atomic E-state index is -6.02. The van der Waals surface area contributed by atoms with E-state index in [2.05, 4.69) is 4.18 Å². The normalized spacial score (nSPS) is 13.7. The summed E-state index contributed by atoms with van der Waals surface area (Å²) in [6.45, 7) is 8.61. The van der Waals surface area contributed by atoms with Gasteiger partial charge < -0.3 is 13.7 Å². The molecular weight excluding hydrogens is 461 g/mol. The highest BCUT2D eigenvalue weighted by Gasteiger charge is 2.49. The fourth-order valence-corrected chi connectivity index (χ4v) is 3.95. The molecule has 0 amide bonds. The van der Waals surface area contributed by atoms with Gasteiger partial charge >= 0.3 is 21.6 Å². The van der Waals surface area contributed by atoms with Gasteiger partial charge in [-0.2, -0.15) is 21.6 Å². The molecule has 0 radical (unpaired) electrons. The summed E-state index contributed by atoms with van der Waals surface area (Å²) >= 11 is 0. The molecule has 2 aromatic rings. The zero-order valence-electron chi connectivity index (χ0n) is 19.3. The Balaban J connectivity index is 2.79. The first-order valence-corrected chi connectivity index (χ1v) is 12.0. The van der Waals surface area contributed by atoms with Crippen molar-refractivity contribution in [1.29, 1.82) is 0 Å². The molecule has 184 valence electrons. The van der Waals surface area contributed by atoms with Gasteiger partial charge in [0.2, 0.25) is 0 Å². The van der Waals surface area contributed by atoms with Gasteiger partial charge in [0, 0.05) is 10.9 Å². The summed E-state index contributed by atoms with van der Waals surface area (Å²) in [6.07, 6.45) is 0.706. The van der Waals surface area contributed by atoms with E-state index in [4.69, 9.17) is 9.47 Å². The molecule has 0 saturated carbocycles. The van der Waals surface area contributed by atoms with Gasteiger partial charge in [0.05, 0.1) is 12.2 Å². The molecule has 33 heavy (non-hydrogen) atoms. The standard InChI is InChI=1S/C23H29F3O6S/c1-6-8-13-22(4,5)31-20(21(27)30-7-2)18-15(3)14-16-11-9-10-12-17(16)19(18)32-33(28,29)23(24,25)26/h9-12,14,20H,6-8,13H2,1-5H3/t20-/m0/s1. The Bertz CT molecular complexity index is 1090. The highest BCUT2D eigenvalue weighted by atomic mass is 32.2. The van der Waals surface area contributed by atoms with E-state index in [9.17, 15) is 26.4 Å². The third-order valence-corrected chi connectivity index (χ3v) is 6.01. The number of carbonyl (C=O) groups excluding carboxylic acids is 1. The number of benzene rings is 2. The highest BCUT2D eigenvalue weighted by Crippen LogP contribution is 2.42. The van der Waals surface area contributed by atoms with Crippen molar-refractivity contribution in [3.05, 3.63) is 41.5 Å². The number of rotatable bonds is 10. The maximum absolute atomic E-state index is 13.2. The van der Waals surface area contributed by atoms with E-state index in [0.717, 1.165) is 12.8 Å². The van der Waals surface area contributed by atoms with Gasteiger partial charge in [-0.25, -0.2) is 4.79 Å². The highest BCUT2D eigenvalue weighted by molar-refractivity contribution is 7.88. The molecule has 0 fully saturated rings. The lowest BCUT2D eigenvalue weighted by Gasteiger charge is -2.31. The number of hydrogen-bond donors (Lipinski definition) is 0. The van der Waals surface area contributed by atoms with Crippen LogP contribution in [0.4, 0.5) is 13.2 Å². The van der Waals surface area contributed by atoms with Crippen LogP contribution in [0, 0.1) is 6.92 Å². The Morgan fingerprint density at radius 1 is 1.12 bits per heavy atom. The third-order valence-electron chi connectivity index (χ3n) is 5.06. The molecule has 10 heteroatoms. The molecule has 0 heterocycles. The Kier molecular flexibility index (Phi) is 8.40. The van der Waals surface area contributed by atoms with E-state index in [1.807, 2.05) is 6.92 Å². The molecule has 0 N–H and O–H groups in total. The van der Waals surface area contributed by atoms with Crippen molar-refractivity contribution in [2.45, 2.75) is 71.1 Å². The third kappa shape index (κ3) is 6.38. The van der Waals surface area contributed by atoms with E-state index < -0.39 is 39.1 Å². The minimum absolute atomic E-state index is 0.00223. The quantitative estimate of drug-likeness (QED) is 0.232. The lowest BCUT2D eigenvalue weighted by molar-refractivity contribution is -0.169. The van der Waals surface area contributed by atoms with Crippen LogP contribution in [0.2, 0.25) is 0 Å². The van der Waals surface area contributed by atoms with Crippen molar-refractivity contribution in [1.82, 2.24) is 0 Å². The molecule has 1 atom stereocenters. The first-order chi connectivity index (χ1) is 15.2. The number of aryl methyl sites for hydroxylation is 1. The van der Waals surface area contributed by atoms with Gasteiger partial charge in [0.15, 0.2) is 11.9 Å². The van der Waals surface area contributed by atoms with E-state index in [1.54, 1.807) is 45.9 Å². The summed E-state index contributed by atoms with van der Waals surface area (Å²) in [4.78, 5) is 12.9. The lowest BCUT2D eigenvalue weighted by Crippen LogP contribution is -2.33. The predicted octanol–water partition coefficient (Wildman–Crippen LogP) is 5.97. The molecule has 0 aromatic heterocycles. The van der Waals surface area contributed by atoms with Crippen molar-refractivity contribution < 1.29 is 40.0 Å². The molecule has 2 aromatic carbocycles. The van der Waals surface area contributed by atoms with E-state index in [-0.39, 0.29) is 17.6 Å². The number of fused-ring (bicyclic) bond motifs is 1. The molecule has 0 saturated heterocycles. The van der Waals surface area contributed by atoms with Crippen molar-refractivity contribution in [2.75, 3.05) is 6.61 Å². The molecule has 0 aliphatic carbocycles. The number of esters is 1. The van der Waals surface area contributed by atoms with Gasteiger partial charge in [-0.1, -0.05) is 50.1 Å². The topological polar surface area (TPSA) is 78.9 Å². The maximum atomic E-state index is 13.2. The monoisotopic (exact) mass is 490 g/mol. The maximum Gasteiger partial charge on any atom is 0.534 e. The summed E-state index contributed by atoms with van der Waals surface area (Å²) in [5, 5.41) is 0.536.